The zero-order valence-corrected chi connectivity index (χ0v) is 10.3. The van der Waals surface area contributed by atoms with Crippen LogP contribution < -0.4 is 10.6 Å². The van der Waals surface area contributed by atoms with Gasteiger partial charge in [-0.1, -0.05) is 11.6 Å². The second-order valence-electron chi connectivity index (χ2n) is 3.96. The lowest BCUT2D eigenvalue weighted by Gasteiger charge is -2.18. The van der Waals surface area contributed by atoms with Gasteiger partial charge in [0.2, 0.25) is 5.91 Å². The minimum atomic E-state index is 0.0908. The summed E-state index contributed by atoms with van der Waals surface area (Å²) in [7, 11) is 0. The highest BCUT2D eigenvalue weighted by molar-refractivity contribution is 7.80. The predicted octanol–water partition coefficient (Wildman–Crippen LogP) is 2.20. The molecule has 1 heterocycles. The standard InChI is InChI=1S/C11H13ClN2OS/c12-8-1-2-9(13)10(4-8)14-5-7(6-16)3-11(14)15/h1-2,4,7,16H,3,5-6,13H2. The van der Waals surface area contributed by atoms with E-state index in [0.717, 1.165) is 0 Å². The zero-order valence-electron chi connectivity index (χ0n) is 8.69. The van der Waals surface area contributed by atoms with Gasteiger partial charge in [0.25, 0.3) is 0 Å². The van der Waals surface area contributed by atoms with E-state index in [1.54, 1.807) is 23.1 Å². The van der Waals surface area contributed by atoms with Crippen LogP contribution in [0.25, 0.3) is 0 Å². The van der Waals surface area contributed by atoms with Gasteiger partial charge in [0, 0.05) is 18.0 Å². The topological polar surface area (TPSA) is 46.3 Å². The Labute approximate surface area is 105 Å². The molecule has 0 aromatic heterocycles. The van der Waals surface area contributed by atoms with Gasteiger partial charge in [0.15, 0.2) is 0 Å². The number of nitrogens with two attached hydrogens (primary N) is 1. The molecule has 0 radical (unpaired) electrons. The molecule has 1 atom stereocenters. The number of carbonyl (C=O) groups excluding carboxylic acids is 1. The number of hydrogen-bond donors (Lipinski definition) is 2. The van der Waals surface area contributed by atoms with Crippen LogP contribution >= 0.6 is 24.2 Å². The van der Waals surface area contributed by atoms with Crippen molar-refractivity contribution >= 4 is 41.5 Å². The number of thiol groups is 1. The van der Waals surface area contributed by atoms with Gasteiger partial charge >= 0.3 is 0 Å². The van der Waals surface area contributed by atoms with Crippen molar-refractivity contribution in [3.63, 3.8) is 0 Å². The molecule has 16 heavy (non-hydrogen) atoms. The van der Waals surface area contributed by atoms with Crippen LogP contribution in [-0.2, 0) is 4.79 Å². The Kier molecular flexibility index (Phi) is 3.30. The fraction of sp³-hybridized carbons (Fsp3) is 0.364. The smallest absolute Gasteiger partial charge is 0.227 e. The molecule has 5 heteroatoms. The molecule has 1 saturated heterocycles. The van der Waals surface area contributed by atoms with E-state index in [0.29, 0.717) is 41.0 Å². The van der Waals surface area contributed by atoms with Crippen LogP contribution in [0.4, 0.5) is 11.4 Å². The molecule has 0 spiro atoms. The van der Waals surface area contributed by atoms with Gasteiger partial charge in [-0.05, 0) is 29.9 Å². The molecular formula is C11H13ClN2OS. The molecule has 2 rings (SSSR count). The van der Waals surface area contributed by atoms with Crippen molar-refractivity contribution in [3.05, 3.63) is 23.2 Å². The molecule has 86 valence electrons. The zero-order chi connectivity index (χ0) is 11.7. The molecule has 0 saturated carbocycles. The van der Waals surface area contributed by atoms with Gasteiger partial charge in [-0.25, -0.2) is 0 Å². The summed E-state index contributed by atoms with van der Waals surface area (Å²) in [5.41, 5.74) is 7.14. The first kappa shape index (κ1) is 11.6. The SMILES string of the molecule is Nc1ccc(Cl)cc1N1CC(CS)CC1=O. The molecule has 0 aliphatic carbocycles. The van der Waals surface area contributed by atoms with Gasteiger partial charge in [0.05, 0.1) is 11.4 Å². The summed E-state index contributed by atoms with van der Waals surface area (Å²) in [6.45, 7) is 0.673. The van der Waals surface area contributed by atoms with E-state index in [-0.39, 0.29) is 5.91 Å². The van der Waals surface area contributed by atoms with Crippen molar-refractivity contribution in [3.8, 4) is 0 Å². The predicted molar refractivity (Wildman–Crippen MR) is 70.2 cm³/mol. The lowest BCUT2D eigenvalue weighted by Crippen LogP contribution is -2.25. The first-order chi connectivity index (χ1) is 7.61. The Balaban J connectivity index is 2.30. The number of amides is 1. The third-order valence-electron chi connectivity index (χ3n) is 2.75. The second kappa shape index (κ2) is 4.55. The highest BCUT2D eigenvalue weighted by atomic mass is 35.5. The maximum atomic E-state index is 11.8. The summed E-state index contributed by atoms with van der Waals surface area (Å²) in [5, 5.41) is 0.589. The monoisotopic (exact) mass is 256 g/mol. The Morgan fingerprint density at radius 2 is 2.31 bits per heavy atom. The molecular weight excluding hydrogens is 244 g/mol. The molecule has 2 N–H and O–H groups in total. The normalized spacial score (nSPS) is 20.5. The number of nitrogen functional groups attached to an aromatic ring is 1. The van der Waals surface area contributed by atoms with Gasteiger partial charge in [-0.3, -0.25) is 4.79 Å². The third-order valence-corrected chi connectivity index (χ3v) is 3.50. The molecule has 3 nitrogen and oxygen atoms in total. The van der Waals surface area contributed by atoms with E-state index >= 15 is 0 Å². The Hall–Kier alpha value is -0.870. The molecule has 1 aromatic rings. The molecule has 1 aliphatic rings. The number of carbonyl (C=O) groups is 1. The largest absolute Gasteiger partial charge is 0.397 e. The molecule has 0 bridgehead atoms. The lowest BCUT2D eigenvalue weighted by atomic mass is 10.1. The van der Waals surface area contributed by atoms with E-state index in [4.69, 9.17) is 17.3 Å². The van der Waals surface area contributed by atoms with Gasteiger partial charge in [-0.15, -0.1) is 0 Å². The number of nitrogens with zero attached hydrogens (tertiary/aromatic N) is 1. The maximum absolute atomic E-state index is 11.8. The quantitative estimate of drug-likeness (QED) is 0.630. The third kappa shape index (κ3) is 2.13. The van der Waals surface area contributed by atoms with Crippen LogP contribution in [0.2, 0.25) is 5.02 Å². The van der Waals surface area contributed by atoms with Crippen molar-refractivity contribution in [1.29, 1.82) is 0 Å². The number of halogens is 1. The number of benzene rings is 1. The molecule has 1 aliphatic heterocycles. The van der Waals surface area contributed by atoms with Gasteiger partial charge < -0.3 is 10.6 Å². The van der Waals surface area contributed by atoms with Crippen LogP contribution in [0.3, 0.4) is 0 Å². The van der Waals surface area contributed by atoms with E-state index in [9.17, 15) is 4.79 Å². The van der Waals surface area contributed by atoms with Crippen LogP contribution in [0.15, 0.2) is 18.2 Å². The van der Waals surface area contributed by atoms with Gasteiger partial charge in [-0.2, -0.15) is 12.6 Å². The number of rotatable bonds is 2. The molecule has 1 aromatic carbocycles. The Morgan fingerprint density at radius 3 is 2.94 bits per heavy atom. The van der Waals surface area contributed by atoms with Crippen LogP contribution in [0, 0.1) is 5.92 Å². The van der Waals surface area contributed by atoms with Crippen LogP contribution in [0.1, 0.15) is 6.42 Å². The Morgan fingerprint density at radius 1 is 1.56 bits per heavy atom. The van der Waals surface area contributed by atoms with E-state index < -0.39 is 0 Å². The van der Waals surface area contributed by atoms with Gasteiger partial charge in [0.1, 0.15) is 0 Å². The van der Waals surface area contributed by atoms with Crippen LogP contribution in [0.5, 0.6) is 0 Å². The minimum absolute atomic E-state index is 0.0908. The molecule has 1 amide bonds. The summed E-state index contributed by atoms with van der Waals surface area (Å²) in [5.74, 6) is 1.10. The Bertz CT molecular complexity index is 424. The van der Waals surface area contributed by atoms with Crippen molar-refractivity contribution in [2.75, 3.05) is 22.9 Å². The highest BCUT2D eigenvalue weighted by Gasteiger charge is 2.30. The minimum Gasteiger partial charge on any atom is -0.397 e. The summed E-state index contributed by atoms with van der Waals surface area (Å²) in [6.07, 6.45) is 0.537. The average molecular weight is 257 g/mol. The summed E-state index contributed by atoms with van der Waals surface area (Å²) < 4.78 is 0. The second-order valence-corrected chi connectivity index (χ2v) is 4.76. The summed E-state index contributed by atoms with van der Waals surface area (Å²) in [4.78, 5) is 13.5. The number of hydrogen-bond acceptors (Lipinski definition) is 3. The molecule has 1 unspecified atom stereocenters. The summed E-state index contributed by atoms with van der Waals surface area (Å²) in [6, 6.07) is 5.17. The fourth-order valence-corrected chi connectivity index (χ4v) is 2.30. The number of anilines is 2. The van der Waals surface area contributed by atoms with Crippen molar-refractivity contribution < 1.29 is 4.79 Å². The van der Waals surface area contributed by atoms with E-state index in [2.05, 4.69) is 12.6 Å². The molecule has 1 fully saturated rings. The highest BCUT2D eigenvalue weighted by Crippen LogP contribution is 2.32. The summed E-state index contributed by atoms with van der Waals surface area (Å²) >= 11 is 10.1. The average Bonchev–Trinajstić information content (AvgIpc) is 2.63. The van der Waals surface area contributed by atoms with Crippen molar-refractivity contribution in [2.24, 2.45) is 5.92 Å². The van der Waals surface area contributed by atoms with E-state index in [1.165, 1.54) is 0 Å². The van der Waals surface area contributed by atoms with E-state index in [1.807, 2.05) is 0 Å². The maximum Gasteiger partial charge on any atom is 0.227 e. The van der Waals surface area contributed by atoms with Crippen molar-refractivity contribution in [2.45, 2.75) is 6.42 Å². The fourth-order valence-electron chi connectivity index (χ4n) is 1.89. The first-order valence-corrected chi connectivity index (χ1v) is 6.09. The first-order valence-electron chi connectivity index (χ1n) is 5.08. The lowest BCUT2D eigenvalue weighted by molar-refractivity contribution is -0.117. The van der Waals surface area contributed by atoms with Crippen molar-refractivity contribution in [1.82, 2.24) is 0 Å². The van der Waals surface area contributed by atoms with Crippen LogP contribution in [-0.4, -0.2) is 18.2 Å².